The van der Waals surface area contributed by atoms with Gasteiger partial charge in [-0.2, -0.15) is 13.2 Å². The van der Waals surface area contributed by atoms with Gasteiger partial charge in [-0.25, -0.2) is 24.3 Å². The number of piperazine rings is 1. The van der Waals surface area contributed by atoms with Gasteiger partial charge in [0.1, 0.15) is 23.7 Å². The molecule has 4 aromatic rings. The lowest BCUT2D eigenvalue weighted by atomic mass is 10.1. The molecule has 13 heteroatoms. The molecule has 0 spiro atoms. The molecule has 1 fully saturated rings. The molecule has 224 valence electrons. The van der Waals surface area contributed by atoms with Gasteiger partial charge in [0.05, 0.1) is 16.7 Å². The van der Waals surface area contributed by atoms with Crippen LogP contribution in [-0.2, 0) is 19.1 Å². The predicted octanol–water partition coefficient (Wildman–Crippen LogP) is 5.45. The first kappa shape index (κ1) is 30.0. The maximum absolute atomic E-state index is 14.9. The predicted molar refractivity (Wildman–Crippen MR) is 151 cm³/mol. The van der Waals surface area contributed by atoms with E-state index in [9.17, 15) is 22.4 Å². The van der Waals surface area contributed by atoms with Crippen LogP contribution in [0.4, 0.5) is 23.2 Å². The standard InChI is InChI=1S/C30H29F4N7O2/c1-3-26-36-18-37-27(39-26)22-5-4-10-35-29(22)43-21-8-9-24(31)23(16-21)28(42)38-25-15-20(30(32,33)34)7-6-19(25)17-41-13-11-40(2)12-14-41/h4-10,15-16,18H,3,11-14,17H2,1-2H3,(H,38,42). The molecule has 1 aliphatic heterocycles. The third-order valence-electron chi connectivity index (χ3n) is 7.02. The number of benzene rings is 2. The molecular weight excluding hydrogens is 566 g/mol. The first-order valence-electron chi connectivity index (χ1n) is 13.6. The highest BCUT2D eigenvalue weighted by Crippen LogP contribution is 2.34. The largest absolute Gasteiger partial charge is 0.438 e. The van der Waals surface area contributed by atoms with Crippen LogP contribution in [0.2, 0.25) is 0 Å². The number of halogens is 4. The van der Waals surface area contributed by atoms with Gasteiger partial charge in [-0.1, -0.05) is 13.0 Å². The molecule has 0 aliphatic carbocycles. The van der Waals surface area contributed by atoms with Crippen LogP contribution in [0.1, 0.15) is 34.2 Å². The number of anilines is 1. The topological polar surface area (TPSA) is 96.4 Å². The van der Waals surface area contributed by atoms with Crippen molar-refractivity contribution in [3.63, 3.8) is 0 Å². The summed E-state index contributed by atoms with van der Waals surface area (Å²) in [6.07, 6.45) is -1.16. The average molecular weight is 596 g/mol. The molecule has 43 heavy (non-hydrogen) atoms. The van der Waals surface area contributed by atoms with E-state index in [1.165, 1.54) is 30.7 Å². The summed E-state index contributed by atoms with van der Waals surface area (Å²) in [5, 5.41) is 2.51. The Morgan fingerprint density at radius 1 is 1.02 bits per heavy atom. The van der Waals surface area contributed by atoms with E-state index in [-0.39, 0.29) is 17.3 Å². The highest BCUT2D eigenvalue weighted by Gasteiger charge is 2.31. The lowest BCUT2D eigenvalue weighted by Crippen LogP contribution is -2.44. The number of nitrogens with zero attached hydrogens (tertiary/aromatic N) is 6. The Hall–Kier alpha value is -4.49. The quantitative estimate of drug-likeness (QED) is 0.269. The van der Waals surface area contributed by atoms with E-state index in [0.717, 1.165) is 44.4 Å². The molecule has 0 unspecified atom stereocenters. The second-order valence-electron chi connectivity index (χ2n) is 10.1. The van der Waals surface area contributed by atoms with E-state index >= 15 is 0 Å². The molecule has 5 rings (SSSR count). The van der Waals surface area contributed by atoms with Crippen LogP contribution in [0.3, 0.4) is 0 Å². The zero-order chi connectivity index (χ0) is 30.6. The number of nitrogens with one attached hydrogen (secondary N) is 1. The van der Waals surface area contributed by atoms with Crippen LogP contribution in [0.25, 0.3) is 11.4 Å². The molecule has 2 aromatic carbocycles. The molecule has 0 radical (unpaired) electrons. The number of ether oxygens (including phenoxy) is 1. The third kappa shape index (κ3) is 7.30. The van der Waals surface area contributed by atoms with Gasteiger partial charge in [-0.05, 0) is 55.1 Å². The molecule has 0 bridgehead atoms. The molecule has 0 atom stereocenters. The maximum atomic E-state index is 14.9. The van der Waals surface area contributed by atoms with Gasteiger partial charge in [0.15, 0.2) is 5.82 Å². The number of carbonyl (C=O) groups is 1. The summed E-state index contributed by atoms with van der Waals surface area (Å²) in [6, 6.07) is 10.1. The number of hydrogen-bond acceptors (Lipinski definition) is 8. The lowest BCUT2D eigenvalue weighted by Gasteiger charge is -2.32. The van der Waals surface area contributed by atoms with E-state index in [0.29, 0.717) is 35.7 Å². The second kappa shape index (κ2) is 12.8. The Labute approximate surface area is 245 Å². The van der Waals surface area contributed by atoms with Crippen molar-refractivity contribution in [3.05, 3.63) is 89.4 Å². The molecule has 1 N–H and O–H groups in total. The normalized spacial score (nSPS) is 14.5. The van der Waals surface area contributed by atoms with Crippen LogP contribution in [0.5, 0.6) is 11.6 Å². The maximum Gasteiger partial charge on any atom is 0.416 e. The SMILES string of the molecule is CCc1ncnc(-c2cccnc2Oc2ccc(F)c(C(=O)Nc3cc(C(F)(F)F)ccc3CN3CCN(C)CC3)c2)n1. The third-order valence-corrected chi connectivity index (χ3v) is 7.02. The molecule has 1 amide bonds. The minimum absolute atomic E-state index is 0.0435. The van der Waals surface area contributed by atoms with Crippen LogP contribution >= 0.6 is 0 Å². The number of aryl methyl sites for hydroxylation is 1. The fourth-order valence-electron chi connectivity index (χ4n) is 4.57. The summed E-state index contributed by atoms with van der Waals surface area (Å²) in [5.41, 5.74) is -0.438. The average Bonchev–Trinajstić information content (AvgIpc) is 2.99. The van der Waals surface area contributed by atoms with Crippen molar-refractivity contribution in [2.75, 3.05) is 38.5 Å². The van der Waals surface area contributed by atoms with Crippen LogP contribution in [-0.4, -0.2) is 68.9 Å². The summed E-state index contributed by atoms with van der Waals surface area (Å²) in [6.45, 7) is 5.29. The number of carbonyl (C=O) groups excluding carboxylic acids is 1. The van der Waals surface area contributed by atoms with E-state index in [1.54, 1.807) is 12.1 Å². The molecule has 3 heterocycles. The number of amides is 1. The molecule has 9 nitrogen and oxygen atoms in total. The Morgan fingerprint density at radius 2 is 1.81 bits per heavy atom. The Morgan fingerprint density at radius 3 is 2.56 bits per heavy atom. The Bertz CT molecular complexity index is 1610. The Balaban J connectivity index is 1.41. The van der Waals surface area contributed by atoms with E-state index in [4.69, 9.17) is 4.74 Å². The van der Waals surface area contributed by atoms with Crippen molar-refractivity contribution >= 4 is 11.6 Å². The fraction of sp³-hybridized carbons (Fsp3) is 0.300. The molecule has 2 aromatic heterocycles. The van der Waals surface area contributed by atoms with Crippen molar-refractivity contribution in [2.24, 2.45) is 0 Å². The van der Waals surface area contributed by atoms with Crippen LogP contribution in [0, 0.1) is 5.82 Å². The van der Waals surface area contributed by atoms with Gasteiger partial charge >= 0.3 is 6.18 Å². The van der Waals surface area contributed by atoms with Crippen molar-refractivity contribution in [1.82, 2.24) is 29.7 Å². The monoisotopic (exact) mass is 595 g/mol. The smallest absolute Gasteiger partial charge is 0.416 e. The summed E-state index contributed by atoms with van der Waals surface area (Å²) < 4.78 is 61.5. The van der Waals surface area contributed by atoms with Gasteiger partial charge in [0, 0.05) is 51.0 Å². The van der Waals surface area contributed by atoms with Gasteiger partial charge < -0.3 is 15.0 Å². The summed E-state index contributed by atoms with van der Waals surface area (Å²) in [4.78, 5) is 34.5. The highest BCUT2D eigenvalue weighted by molar-refractivity contribution is 6.05. The van der Waals surface area contributed by atoms with Gasteiger partial charge in [0.25, 0.3) is 5.91 Å². The van der Waals surface area contributed by atoms with E-state index in [2.05, 4.69) is 35.1 Å². The molecule has 1 aliphatic rings. The second-order valence-corrected chi connectivity index (χ2v) is 10.1. The lowest BCUT2D eigenvalue weighted by molar-refractivity contribution is -0.137. The number of pyridine rings is 1. The molecule has 1 saturated heterocycles. The van der Waals surface area contributed by atoms with Crippen molar-refractivity contribution in [1.29, 1.82) is 0 Å². The number of rotatable bonds is 8. The van der Waals surface area contributed by atoms with Crippen molar-refractivity contribution in [2.45, 2.75) is 26.1 Å². The molecule has 0 saturated carbocycles. The Kier molecular flexibility index (Phi) is 8.92. The van der Waals surface area contributed by atoms with Crippen molar-refractivity contribution in [3.8, 4) is 23.0 Å². The van der Waals surface area contributed by atoms with E-state index in [1.807, 2.05) is 14.0 Å². The van der Waals surface area contributed by atoms with E-state index < -0.39 is 29.0 Å². The van der Waals surface area contributed by atoms with Gasteiger partial charge in [0.2, 0.25) is 5.88 Å². The zero-order valence-electron chi connectivity index (χ0n) is 23.5. The fourth-order valence-corrected chi connectivity index (χ4v) is 4.57. The minimum Gasteiger partial charge on any atom is -0.438 e. The summed E-state index contributed by atoms with van der Waals surface area (Å²) in [7, 11) is 2.00. The van der Waals surface area contributed by atoms with Gasteiger partial charge in [-0.3, -0.25) is 9.69 Å². The van der Waals surface area contributed by atoms with Crippen LogP contribution in [0.15, 0.2) is 61.1 Å². The molecular formula is C30H29F4N7O2. The number of alkyl halides is 3. The number of aromatic nitrogens is 4. The number of hydrogen-bond donors (Lipinski definition) is 1. The number of likely N-dealkylation sites (N-methyl/N-ethyl adjacent to an activating group) is 1. The summed E-state index contributed by atoms with van der Waals surface area (Å²) in [5.74, 6) is -0.703. The first-order valence-corrected chi connectivity index (χ1v) is 13.6. The first-order chi connectivity index (χ1) is 20.6. The van der Waals surface area contributed by atoms with Crippen LogP contribution < -0.4 is 10.1 Å². The zero-order valence-corrected chi connectivity index (χ0v) is 23.5. The minimum atomic E-state index is -4.62. The van der Waals surface area contributed by atoms with Gasteiger partial charge in [-0.15, -0.1) is 0 Å². The highest BCUT2D eigenvalue weighted by atomic mass is 19.4. The summed E-state index contributed by atoms with van der Waals surface area (Å²) >= 11 is 0. The van der Waals surface area contributed by atoms with Crippen molar-refractivity contribution < 1.29 is 27.1 Å².